The Kier molecular flexibility index (Phi) is 9.95. The van der Waals surface area contributed by atoms with Crippen molar-refractivity contribution in [2.45, 2.75) is 0 Å². The Bertz CT molecular complexity index is 751. The fraction of sp³-hybridized carbons (Fsp3) is 0. The normalized spacial score (nSPS) is 10.6. The van der Waals surface area contributed by atoms with Crippen LogP contribution in [0.25, 0.3) is 22.1 Å². The first-order chi connectivity index (χ1) is 12.8. The second kappa shape index (κ2) is 11.3. The van der Waals surface area contributed by atoms with E-state index in [0.29, 0.717) is 11.4 Å². The Hall–Kier alpha value is -3.41. The zero-order valence-corrected chi connectivity index (χ0v) is 13.7. The number of hydrogen-bond donors (Lipinski definition) is 0. The summed E-state index contributed by atoms with van der Waals surface area (Å²) >= 11 is 0. The molecule has 0 spiro atoms. The van der Waals surface area contributed by atoms with Gasteiger partial charge in [0.25, 0.3) is 0 Å². The van der Waals surface area contributed by atoms with Gasteiger partial charge in [0.1, 0.15) is 0 Å². The van der Waals surface area contributed by atoms with E-state index >= 15 is 0 Å². The van der Waals surface area contributed by atoms with Crippen LogP contribution in [0.15, 0.2) is 48.5 Å². The molecule has 28 heavy (non-hydrogen) atoms. The molecule has 0 saturated heterocycles. The molecule has 0 N–H and O–H groups in total. The summed E-state index contributed by atoms with van der Waals surface area (Å²) in [6, 6.07) is 14.4. The van der Waals surface area contributed by atoms with Gasteiger partial charge in [0, 0.05) is 24.3 Å². The Labute approximate surface area is 153 Å². The lowest BCUT2D eigenvalue weighted by atomic mass is 10.1. The molecule has 0 atom stereocenters. The molecule has 148 valence electrons. The average molecular weight is 408 g/mol. The lowest BCUT2D eigenvalue weighted by Gasteiger charge is -1.94. The zero-order chi connectivity index (χ0) is 21.8. The second-order valence-corrected chi connectivity index (χ2v) is 4.71. The first kappa shape index (κ1) is 24.6. The summed E-state index contributed by atoms with van der Waals surface area (Å²) in [5.74, 6) is 0. The van der Waals surface area contributed by atoms with Crippen LogP contribution >= 0.6 is 0 Å². The number of diazo groups is 2. The minimum absolute atomic E-state index is 0.529. The van der Waals surface area contributed by atoms with Crippen LogP contribution < -0.4 is 0 Å². The summed E-state index contributed by atoms with van der Waals surface area (Å²) in [5.41, 5.74) is 3.08. The number of benzene rings is 2. The molecule has 2 aromatic rings. The summed E-state index contributed by atoms with van der Waals surface area (Å²) in [4.78, 5) is 6.18. The Balaban J connectivity index is 0.000000607. The van der Waals surface area contributed by atoms with E-state index < -0.39 is 14.5 Å². The lowest BCUT2D eigenvalue weighted by Crippen LogP contribution is -2.02. The van der Waals surface area contributed by atoms with E-state index in [-0.39, 0.29) is 0 Å². The third kappa shape index (κ3) is 16.1. The Morgan fingerprint density at radius 2 is 0.750 bits per heavy atom. The molecule has 0 aliphatic rings. The van der Waals surface area contributed by atoms with E-state index in [0.717, 1.165) is 11.1 Å². The van der Waals surface area contributed by atoms with Gasteiger partial charge in [0.05, 0.1) is 0 Å². The minimum atomic E-state index is -6.00. The largest absolute Gasteiger partial charge is 0.673 e. The monoisotopic (exact) mass is 408 g/mol. The summed E-state index contributed by atoms with van der Waals surface area (Å²) < 4.78 is 78.0. The molecule has 0 saturated carbocycles. The van der Waals surface area contributed by atoms with Crippen LogP contribution in [0.2, 0.25) is 0 Å². The first-order valence-corrected chi connectivity index (χ1v) is 7.15. The molecular weight excluding hydrogens is 398 g/mol. The highest BCUT2D eigenvalue weighted by atomic mass is 19.5. The fourth-order valence-electron chi connectivity index (χ4n) is 1.50. The van der Waals surface area contributed by atoms with E-state index in [1.54, 1.807) is 24.3 Å². The maximum absolute atomic E-state index is 9.75. The molecule has 0 fully saturated rings. The van der Waals surface area contributed by atoms with E-state index in [1.165, 1.54) is 0 Å². The third-order valence-electron chi connectivity index (χ3n) is 2.49. The minimum Gasteiger partial charge on any atom is -0.418 e. The van der Waals surface area contributed by atoms with E-state index in [9.17, 15) is 34.5 Å². The van der Waals surface area contributed by atoms with Crippen molar-refractivity contribution in [3.63, 3.8) is 0 Å². The van der Waals surface area contributed by atoms with Gasteiger partial charge in [-0.2, -0.15) is 0 Å². The van der Waals surface area contributed by atoms with Crippen molar-refractivity contribution in [2.24, 2.45) is 0 Å². The van der Waals surface area contributed by atoms with Crippen molar-refractivity contribution in [1.29, 1.82) is 10.8 Å². The molecule has 0 aliphatic heterocycles. The zero-order valence-electron chi connectivity index (χ0n) is 13.7. The molecule has 0 heterocycles. The van der Waals surface area contributed by atoms with Crippen molar-refractivity contribution in [3.05, 3.63) is 69.6 Å². The average Bonchev–Trinajstić information content (AvgIpc) is 2.58. The number of rotatable bonds is 2. The number of halogens is 8. The molecule has 0 radical (unpaired) electrons. The molecule has 0 aliphatic carbocycles. The van der Waals surface area contributed by atoms with Crippen LogP contribution in [-0.2, 0) is 0 Å². The Morgan fingerprint density at radius 3 is 0.929 bits per heavy atom. The molecule has 0 aromatic heterocycles. The smallest absolute Gasteiger partial charge is 0.418 e. The van der Waals surface area contributed by atoms with Crippen LogP contribution in [0.5, 0.6) is 0 Å². The quantitative estimate of drug-likeness (QED) is 0.225. The standard InChI is InChI=1S/C14H10N4.2BF4/c15-17-13-7-3-11(4-8-13)1-2-12-5-9-14(18-16)10-6-12;2*2-1(3,4)5/h1-10H;;/q+2;2*-1. The summed E-state index contributed by atoms with van der Waals surface area (Å²) in [5, 5.41) is 17.1. The van der Waals surface area contributed by atoms with Crippen LogP contribution in [0.1, 0.15) is 11.1 Å². The van der Waals surface area contributed by atoms with Gasteiger partial charge >= 0.3 is 25.9 Å². The van der Waals surface area contributed by atoms with Crippen LogP contribution in [0.4, 0.5) is 45.9 Å². The summed E-state index contributed by atoms with van der Waals surface area (Å²) in [7, 11) is -12.0. The molecule has 2 rings (SSSR count). The lowest BCUT2D eigenvalue weighted by molar-refractivity contribution is 0.366. The number of hydrogen-bond acceptors (Lipinski definition) is 2. The second-order valence-electron chi connectivity index (χ2n) is 4.71. The SMILES string of the molecule is F[B-](F)(F)F.F[B-](F)(F)F.N#[N+]c1ccc(C=Cc2ccc([N+]#N)cc2)cc1. The van der Waals surface area contributed by atoms with E-state index in [4.69, 9.17) is 10.8 Å². The van der Waals surface area contributed by atoms with Gasteiger partial charge in [-0.3, -0.25) is 0 Å². The Morgan fingerprint density at radius 1 is 0.536 bits per heavy atom. The predicted molar refractivity (Wildman–Crippen MR) is 91.7 cm³/mol. The van der Waals surface area contributed by atoms with Gasteiger partial charge in [-0.05, 0) is 35.4 Å². The van der Waals surface area contributed by atoms with Gasteiger partial charge < -0.3 is 34.5 Å². The highest BCUT2D eigenvalue weighted by Crippen LogP contribution is 2.17. The van der Waals surface area contributed by atoms with E-state index in [1.807, 2.05) is 36.4 Å². The third-order valence-corrected chi connectivity index (χ3v) is 2.49. The maximum Gasteiger partial charge on any atom is 0.673 e. The number of nitrogens with zero attached hydrogens (tertiary/aromatic N) is 4. The summed E-state index contributed by atoms with van der Waals surface area (Å²) in [6.45, 7) is 0. The highest BCUT2D eigenvalue weighted by Gasteiger charge is 2.21. The van der Waals surface area contributed by atoms with Crippen LogP contribution in [-0.4, -0.2) is 14.5 Å². The van der Waals surface area contributed by atoms with Gasteiger partial charge in [0.2, 0.25) is 10.8 Å². The topological polar surface area (TPSA) is 56.3 Å². The van der Waals surface area contributed by atoms with Gasteiger partial charge in [-0.15, -0.1) is 0 Å². The van der Waals surface area contributed by atoms with Crippen molar-refractivity contribution < 1.29 is 34.5 Å². The van der Waals surface area contributed by atoms with Crippen molar-refractivity contribution in [2.75, 3.05) is 0 Å². The molecule has 0 amide bonds. The van der Waals surface area contributed by atoms with Gasteiger partial charge in [-0.25, -0.2) is 0 Å². The van der Waals surface area contributed by atoms with Crippen molar-refractivity contribution >= 4 is 38.0 Å². The summed E-state index contributed by atoms with van der Waals surface area (Å²) in [6.07, 6.45) is 3.90. The maximum atomic E-state index is 9.75. The van der Waals surface area contributed by atoms with Crippen molar-refractivity contribution in [3.8, 4) is 0 Å². The molecule has 4 nitrogen and oxygen atoms in total. The molecule has 2 aromatic carbocycles. The van der Waals surface area contributed by atoms with Gasteiger partial charge in [0.15, 0.2) is 9.95 Å². The van der Waals surface area contributed by atoms with Gasteiger partial charge in [-0.1, -0.05) is 12.2 Å². The fourth-order valence-corrected chi connectivity index (χ4v) is 1.50. The molecule has 0 bridgehead atoms. The van der Waals surface area contributed by atoms with Crippen LogP contribution in [0.3, 0.4) is 0 Å². The predicted octanol–water partition coefficient (Wildman–Crippen LogP) is 7.43. The molecule has 14 heteroatoms. The molecular formula is C14H10B2F8N4. The van der Waals surface area contributed by atoms with Crippen LogP contribution in [0, 0.1) is 10.8 Å². The van der Waals surface area contributed by atoms with Crippen molar-refractivity contribution in [1.82, 2.24) is 0 Å². The highest BCUT2D eigenvalue weighted by molar-refractivity contribution is 6.50. The van der Waals surface area contributed by atoms with E-state index in [2.05, 4.69) is 9.95 Å². The first-order valence-electron chi connectivity index (χ1n) is 7.15. The molecule has 0 unspecified atom stereocenters.